The maximum atomic E-state index is 15.3. The molecule has 202 valence electrons. The average molecular weight is 551 g/mol. The third-order valence-electron chi connectivity index (χ3n) is 6.97. The molecule has 6 rings (SSSR count). The number of nitrogens with zero attached hydrogens (tertiary/aromatic N) is 4. The molecule has 10 heteroatoms. The molecule has 0 N–H and O–H groups in total. The minimum atomic E-state index is -0.602. The predicted octanol–water partition coefficient (Wildman–Crippen LogP) is 5.98. The smallest absolute Gasteiger partial charge is 0.410 e. The van der Waals surface area contributed by atoms with Gasteiger partial charge in [0.25, 0.3) is 0 Å². The van der Waals surface area contributed by atoms with Crippen LogP contribution < -0.4 is 14.4 Å². The number of piperazine rings is 1. The van der Waals surface area contributed by atoms with Gasteiger partial charge in [-0.3, -0.25) is 4.98 Å². The van der Waals surface area contributed by atoms with Gasteiger partial charge in [0.15, 0.2) is 5.75 Å². The van der Waals surface area contributed by atoms with Crippen LogP contribution >= 0.6 is 11.6 Å². The number of fused-ring (bicyclic) bond motifs is 6. The van der Waals surface area contributed by atoms with Gasteiger partial charge in [-0.1, -0.05) is 23.7 Å². The van der Waals surface area contributed by atoms with Gasteiger partial charge in [0.1, 0.15) is 23.5 Å². The number of methoxy groups -OCH3 is 1. The van der Waals surface area contributed by atoms with E-state index in [0.29, 0.717) is 53.4 Å². The Labute approximate surface area is 230 Å². The highest BCUT2D eigenvalue weighted by Crippen LogP contribution is 2.44. The molecule has 0 spiro atoms. The Morgan fingerprint density at radius 1 is 1.15 bits per heavy atom. The molecule has 0 radical (unpaired) electrons. The standard InChI is InChI=1S/C29H28ClFN4O4/c1-29(2,3)39-28(36)34-13-18-15-38-22-12-33-21-11-17(5-7-19(21)26(22)35(18)23(30)14-34)24-20(31)8-6-16-9-10-32-27(37-4)25(16)24/h5-12,18,23H,13-15H2,1-4H3/t18-,23?/m1/s1. The second-order valence-corrected chi connectivity index (χ2v) is 11.2. The summed E-state index contributed by atoms with van der Waals surface area (Å²) < 4.78 is 32.4. The van der Waals surface area contributed by atoms with E-state index in [2.05, 4.69) is 14.9 Å². The topological polar surface area (TPSA) is 77.0 Å². The summed E-state index contributed by atoms with van der Waals surface area (Å²) in [5.41, 5.74) is 1.41. The number of aromatic nitrogens is 2. The molecule has 4 aromatic rings. The summed E-state index contributed by atoms with van der Waals surface area (Å²) in [6.07, 6.45) is 2.91. The summed E-state index contributed by atoms with van der Waals surface area (Å²) in [7, 11) is 1.52. The fourth-order valence-corrected chi connectivity index (χ4v) is 5.79. The van der Waals surface area contributed by atoms with Crippen LogP contribution in [0.25, 0.3) is 32.8 Å². The van der Waals surface area contributed by atoms with E-state index in [4.69, 9.17) is 25.8 Å². The Morgan fingerprint density at radius 3 is 2.74 bits per heavy atom. The van der Waals surface area contributed by atoms with Crippen molar-refractivity contribution in [2.24, 2.45) is 0 Å². The molecule has 2 aromatic heterocycles. The average Bonchev–Trinajstić information content (AvgIpc) is 2.90. The fourth-order valence-electron chi connectivity index (χ4n) is 5.37. The van der Waals surface area contributed by atoms with Crippen molar-refractivity contribution in [2.45, 2.75) is 37.9 Å². The van der Waals surface area contributed by atoms with E-state index < -0.39 is 17.2 Å². The van der Waals surface area contributed by atoms with Gasteiger partial charge in [0, 0.05) is 23.7 Å². The molecule has 0 bridgehead atoms. The third kappa shape index (κ3) is 4.44. The van der Waals surface area contributed by atoms with Crippen molar-refractivity contribution >= 4 is 45.1 Å². The van der Waals surface area contributed by atoms with E-state index in [1.54, 1.807) is 23.4 Å². The zero-order valence-corrected chi connectivity index (χ0v) is 22.8. The Morgan fingerprint density at radius 2 is 1.97 bits per heavy atom. The minimum Gasteiger partial charge on any atom is -0.488 e. The highest BCUT2D eigenvalue weighted by molar-refractivity contribution is 6.23. The van der Waals surface area contributed by atoms with E-state index >= 15 is 4.39 Å². The van der Waals surface area contributed by atoms with Gasteiger partial charge in [-0.25, -0.2) is 14.2 Å². The molecule has 2 atom stereocenters. The lowest BCUT2D eigenvalue weighted by atomic mass is 9.96. The fraction of sp³-hybridized carbons (Fsp3) is 0.345. The Hall–Kier alpha value is -3.85. The molecule has 0 saturated carbocycles. The first kappa shape index (κ1) is 25.4. The molecule has 2 aliphatic rings. The second-order valence-electron chi connectivity index (χ2n) is 10.7. The van der Waals surface area contributed by atoms with E-state index in [0.717, 1.165) is 16.5 Å². The Bertz CT molecular complexity index is 1610. The molecule has 8 nitrogen and oxygen atoms in total. The monoisotopic (exact) mass is 550 g/mol. The van der Waals surface area contributed by atoms with Crippen molar-refractivity contribution in [1.29, 1.82) is 0 Å². The Balaban J connectivity index is 1.41. The van der Waals surface area contributed by atoms with Gasteiger partial charge >= 0.3 is 6.09 Å². The first-order valence-electron chi connectivity index (χ1n) is 12.7. The third-order valence-corrected chi connectivity index (χ3v) is 7.32. The van der Waals surface area contributed by atoms with Crippen LogP contribution in [-0.4, -0.2) is 64.9 Å². The van der Waals surface area contributed by atoms with Crippen LogP contribution in [0.3, 0.4) is 0 Å². The number of amides is 1. The van der Waals surface area contributed by atoms with Crippen molar-refractivity contribution in [2.75, 3.05) is 31.7 Å². The highest BCUT2D eigenvalue weighted by Gasteiger charge is 2.41. The number of carbonyl (C=O) groups is 1. The van der Waals surface area contributed by atoms with Crippen molar-refractivity contribution < 1.29 is 23.4 Å². The number of benzene rings is 2. The second kappa shape index (κ2) is 9.41. The number of anilines is 1. The van der Waals surface area contributed by atoms with Gasteiger partial charge in [-0.05, 0) is 56.0 Å². The number of rotatable bonds is 2. The molecule has 1 fully saturated rings. The van der Waals surface area contributed by atoms with Crippen LogP contribution in [0, 0.1) is 5.82 Å². The lowest BCUT2D eigenvalue weighted by molar-refractivity contribution is 0.0183. The molecule has 4 heterocycles. The number of alkyl halides is 1. The number of pyridine rings is 2. The molecule has 1 amide bonds. The maximum Gasteiger partial charge on any atom is 0.410 e. The summed E-state index contributed by atoms with van der Waals surface area (Å²) >= 11 is 6.91. The summed E-state index contributed by atoms with van der Waals surface area (Å²) in [6.45, 7) is 6.57. The first-order valence-corrected chi connectivity index (χ1v) is 13.2. The Kier molecular flexibility index (Phi) is 6.14. The number of ether oxygens (including phenoxy) is 3. The normalized spacial score (nSPS) is 18.9. The minimum absolute atomic E-state index is 0.169. The van der Waals surface area contributed by atoms with Crippen molar-refractivity contribution in [3.63, 3.8) is 0 Å². The van der Waals surface area contributed by atoms with Gasteiger partial charge in [0.2, 0.25) is 5.88 Å². The number of carbonyl (C=O) groups excluding carboxylic acids is 1. The van der Waals surface area contributed by atoms with Crippen LogP contribution in [0.2, 0.25) is 0 Å². The zero-order valence-electron chi connectivity index (χ0n) is 22.1. The van der Waals surface area contributed by atoms with Crippen LogP contribution in [0.5, 0.6) is 11.6 Å². The lowest BCUT2D eigenvalue weighted by Crippen LogP contribution is -2.62. The van der Waals surface area contributed by atoms with Crippen LogP contribution in [0.4, 0.5) is 14.9 Å². The van der Waals surface area contributed by atoms with Crippen molar-refractivity contribution in [3.05, 3.63) is 54.6 Å². The molecule has 0 aliphatic carbocycles. The molecule has 2 aromatic carbocycles. The van der Waals surface area contributed by atoms with Gasteiger partial charge in [0.05, 0.1) is 42.5 Å². The van der Waals surface area contributed by atoms with E-state index in [1.165, 1.54) is 13.2 Å². The van der Waals surface area contributed by atoms with E-state index in [-0.39, 0.29) is 11.9 Å². The zero-order chi connectivity index (χ0) is 27.5. The van der Waals surface area contributed by atoms with Gasteiger partial charge in [-0.2, -0.15) is 0 Å². The number of halogens is 2. The molecule has 39 heavy (non-hydrogen) atoms. The molecular weight excluding hydrogens is 523 g/mol. The number of hydrogen-bond donors (Lipinski definition) is 0. The van der Waals surface area contributed by atoms with E-state index in [9.17, 15) is 4.79 Å². The maximum absolute atomic E-state index is 15.3. The molecule has 1 saturated heterocycles. The van der Waals surface area contributed by atoms with Gasteiger partial charge < -0.3 is 24.0 Å². The van der Waals surface area contributed by atoms with Crippen LogP contribution in [0.1, 0.15) is 20.8 Å². The summed E-state index contributed by atoms with van der Waals surface area (Å²) in [5, 5.41) is 2.24. The summed E-state index contributed by atoms with van der Waals surface area (Å²) in [4.78, 5) is 25.4. The SMILES string of the molecule is COc1nccc2ccc(F)c(-c3ccc4c5c(cnc4c3)OC[C@H]3CN(C(=O)OC(C)(C)C)CC(Cl)N53)c12. The molecule has 1 unspecified atom stereocenters. The molecular formula is C29H28ClFN4O4. The van der Waals surface area contributed by atoms with E-state index in [1.807, 2.05) is 45.0 Å². The van der Waals surface area contributed by atoms with Crippen molar-refractivity contribution in [1.82, 2.24) is 14.9 Å². The van der Waals surface area contributed by atoms with Crippen LogP contribution in [-0.2, 0) is 4.74 Å². The highest BCUT2D eigenvalue weighted by atomic mass is 35.5. The summed E-state index contributed by atoms with van der Waals surface area (Å²) in [6, 6.07) is 10.4. The largest absolute Gasteiger partial charge is 0.488 e. The quantitative estimate of drug-likeness (QED) is 0.224. The van der Waals surface area contributed by atoms with Crippen LogP contribution in [0.15, 0.2) is 48.8 Å². The first-order chi connectivity index (χ1) is 18.6. The lowest BCUT2D eigenvalue weighted by Gasteiger charge is -2.48. The molecule has 2 aliphatic heterocycles. The number of hydrogen-bond acceptors (Lipinski definition) is 7. The predicted molar refractivity (Wildman–Crippen MR) is 148 cm³/mol. The van der Waals surface area contributed by atoms with Gasteiger partial charge in [-0.15, -0.1) is 0 Å². The van der Waals surface area contributed by atoms with Crippen molar-refractivity contribution in [3.8, 4) is 22.8 Å². The summed E-state index contributed by atoms with van der Waals surface area (Å²) in [5.74, 6) is 0.586.